The summed E-state index contributed by atoms with van der Waals surface area (Å²) in [4.78, 5) is 6.88. The van der Waals surface area contributed by atoms with E-state index in [0.717, 1.165) is 24.5 Å². The number of ether oxygens (including phenoxy) is 1. The highest BCUT2D eigenvalue weighted by atomic mass is 32.1. The summed E-state index contributed by atoms with van der Waals surface area (Å²) in [7, 11) is 1.79. The molecule has 3 rings (SSSR count). The van der Waals surface area contributed by atoms with Crippen LogP contribution in [0, 0.1) is 0 Å². The monoisotopic (exact) mass is 260 g/mol. The quantitative estimate of drug-likeness (QED) is 0.848. The van der Waals surface area contributed by atoms with Crippen LogP contribution in [0.1, 0.15) is 6.42 Å². The van der Waals surface area contributed by atoms with Gasteiger partial charge in [0.25, 0.3) is 0 Å². The van der Waals surface area contributed by atoms with Crippen molar-refractivity contribution in [2.45, 2.75) is 12.5 Å². The third kappa shape index (κ3) is 2.26. The van der Waals surface area contributed by atoms with E-state index in [1.165, 1.54) is 10.6 Å². The Kier molecular flexibility index (Phi) is 3.30. The predicted molar refractivity (Wildman–Crippen MR) is 75.2 cm³/mol. The molecule has 0 saturated carbocycles. The van der Waals surface area contributed by atoms with Crippen LogP contribution in [0.5, 0.6) is 0 Å². The third-order valence-electron chi connectivity index (χ3n) is 3.30. The Labute approximate surface area is 111 Å². The van der Waals surface area contributed by atoms with Gasteiger partial charge in [-0.1, -0.05) is 41.7 Å². The Morgan fingerprint density at radius 3 is 2.89 bits per heavy atom. The lowest BCUT2D eigenvalue weighted by atomic mass is 10.2. The fourth-order valence-corrected chi connectivity index (χ4v) is 3.20. The second kappa shape index (κ2) is 5.08. The lowest BCUT2D eigenvalue weighted by molar-refractivity contribution is 0.121. The standard InChI is InChI=1S/C14H16N2OS/c1-17-12-7-8-16(10-12)13-9-15-14(18-13)11-5-3-2-4-6-11/h2-6,9,12H,7-8,10H2,1H3/t12-/m0/s1. The molecule has 2 aromatic rings. The molecule has 1 atom stereocenters. The van der Waals surface area contributed by atoms with Crippen molar-refractivity contribution in [1.29, 1.82) is 0 Å². The molecule has 2 heterocycles. The summed E-state index contributed by atoms with van der Waals surface area (Å²) < 4.78 is 5.40. The summed E-state index contributed by atoms with van der Waals surface area (Å²) in [6.07, 6.45) is 3.45. The van der Waals surface area contributed by atoms with Gasteiger partial charge in [-0.25, -0.2) is 4.98 Å². The minimum absolute atomic E-state index is 0.368. The van der Waals surface area contributed by atoms with Crippen LogP contribution in [-0.2, 0) is 4.74 Å². The van der Waals surface area contributed by atoms with Gasteiger partial charge in [0.15, 0.2) is 0 Å². The second-order valence-electron chi connectivity index (χ2n) is 4.46. The molecule has 1 aromatic carbocycles. The van der Waals surface area contributed by atoms with E-state index in [0.29, 0.717) is 6.10 Å². The summed E-state index contributed by atoms with van der Waals surface area (Å²) in [5.74, 6) is 0. The molecule has 1 aliphatic heterocycles. The van der Waals surface area contributed by atoms with Gasteiger partial charge in [-0.15, -0.1) is 0 Å². The van der Waals surface area contributed by atoms with E-state index in [4.69, 9.17) is 4.74 Å². The molecule has 1 saturated heterocycles. The van der Waals surface area contributed by atoms with Gasteiger partial charge in [-0.2, -0.15) is 0 Å². The maximum atomic E-state index is 5.40. The van der Waals surface area contributed by atoms with Gasteiger partial charge < -0.3 is 9.64 Å². The molecular formula is C14H16N2OS. The number of rotatable bonds is 3. The average molecular weight is 260 g/mol. The second-order valence-corrected chi connectivity index (χ2v) is 5.47. The van der Waals surface area contributed by atoms with E-state index in [1.807, 2.05) is 24.4 Å². The van der Waals surface area contributed by atoms with Gasteiger partial charge in [0.05, 0.1) is 12.3 Å². The van der Waals surface area contributed by atoms with Crippen LogP contribution < -0.4 is 4.90 Å². The molecule has 0 bridgehead atoms. The zero-order valence-corrected chi connectivity index (χ0v) is 11.2. The third-order valence-corrected chi connectivity index (χ3v) is 4.41. The predicted octanol–water partition coefficient (Wildman–Crippen LogP) is 3.04. The highest BCUT2D eigenvalue weighted by molar-refractivity contribution is 7.18. The first kappa shape index (κ1) is 11.7. The topological polar surface area (TPSA) is 25.4 Å². The molecule has 1 aromatic heterocycles. The van der Waals surface area contributed by atoms with E-state index >= 15 is 0 Å². The number of anilines is 1. The van der Waals surface area contributed by atoms with Crippen LogP contribution in [0.25, 0.3) is 10.6 Å². The van der Waals surface area contributed by atoms with Crippen LogP contribution in [0.3, 0.4) is 0 Å². The SMILES string of the molecule is CO[C@H]1CCN(c2cnc(-c3ccccc3)s2)C1. The van der Waals surface area contributed by atoms with E-state index in [1.54, 1.807) is 18.4 Å². The van der Waals surface area contributed by atoms with Crippen LogP contribution in [-0.4, -0.2) is 31.3 Å². The van der Waals surface area contributed by atoms with Crippen molar-refractivity contribution in [2.75, 3.05) is 25.1 Å². The lowest BCUT2D eigenvalue weighted by Gasteiger charge is -2.14. The number of thiazole rings is 1. The fourth-order valence-electron chi connectivity index (χ4n) is 2.25. The van der Waals surface area contributed by atoms with Crippen LogP contribution >= 0.6 is 11.3 Å². The molecule has 0 radical (unpaired) electrons. The maximum absolute atomic E-state index is 5.40. The van der Waals surface area contributed by atoms with Gasteiger partial charge in [0.1, 0.15) is 10.0 Å². The van der Waals surface area contributed by atoms with Crippen molar-refractivity contribution in [3.8, 4) is 10.6 Å². The zero-order chi connectivity index (χ0) is 12.4. The number of hydrogen-bond acceptors (Lipinski definition) is 4. The number of nitrogens with zero attached hydrogens (tertiary/aromatic N) is 2. The summed E-state index contributed by atoms with van der Waals surface area (Å²) in [6.45, 7) is 2.04. The van der Waals surface area contributed by atoms with Crippen LogP contribution in [0.4, 0.5) is 5.00 Å². The van der Waals surface area contributed by atoms with Gasteiger partial charge in [-0.3, -0.25) is 0 Å². The summed E-state index contributed by atoms with van der Waals surface area (Å²) >= 11 is 1.76. The van der Waals surface area contributed by atoms with Crippen molar-refractivity contribution in [2.24, 2.45) is 0 Å². The first-order valence-corrected chi connectivity index (χ1v) is 6.97. The fraction of sp³-hybridized carbons (Fsp3) is 0.357. The van der Waals surface area contributed by atoms with Crippen molar-refractivity contribution in [3.05, 3.63) is 36.5 Å². The highest BCUT2D eigenvalue weighted by Gasteiger charge is 2.23. The number of aromatic nitrogens is 1. The Morgan fingerprint density at radius 1 is 1.33 bits per heavy atom. The van der Waals surface area contributed by atoms with Crippen LogP contribution in [0.2, 0.25) is 0 Å². The molecule has 1 aliphatic rings. The molecule has 0 spiro atoms. The van der Waals surface area contributed by atoms with E-state index < -0.39 is 0 Å². The molecule has 3 nitrogen and oxygen atoms in total. The zero-order valence-electron chi connectivity index (χ0n) is 10.4. The maximum Gasteiger partial charge on any atom is 0.125 e. The van der Waals surface area contributed by atoms with Crippen molar-refractivity contribution in [3.63, 3.8) is 0 Å². The summed E-state index contributed by atoms with van der Waals surface area (Å²) in [6, 6.07) is 10.3. The van der Waals surface area contributed by atoms with Crippen LogP contribution in [0.15, 0.2) is 36.5 Å². The Hall–Kier alpha value is -1.39. The van der Waals surface area contributed by atoms with Gasteiger partial charge in [-0.05, 0) is 6.42 Å². The largest absolute Gasteiger partial charge is 0.380 e. The minimum atomic E-state index is 0.368. The molecular weight excluding hydrogens is 244 g/mol. The average Bonchev–Trinajstić information content (AvgIpc) is 3.08. The molecule has 4 heteroatoms. The molecule has 0 aliphatic carbocycles. The van der Waals surface area contributed by atoms with Crippen molar-refractivity contribution in [1.82, 2.24) is 4.98 Å². The molecule has 0 N–H and O–H groups in total. The molecule has 94 valence electrons. The molecule has 0 unspecified atom stereocenters. The Bertz CT molecular complexity index is 512. The van der Waals surface area contributed by atoms with Crippen molar-refractivity contribution >= 4 is 16.3 Å². The van der Waals surface area contributed by atoms with E-state index in [9.17, 15) is 0 Å². The van der Waals surface area contributed by atoms with Gasteiger partial charge in [0, 0.05) is 25.8 Å². The molecule has 1 fully saturated rings. The Morgan fingerprint density at radius 2 is 2.17 bits per heavy atom. The van der Waals surface area contributed by atoms with Gasteiger partial charge in [0.2, 0.25) is 0 Å². The number of hydrogen-bond donors (Lipinski definition) is 0. The van der Waals surface area contributed by atoms with Gasteiger partial charge >= 0.3 is 0 Å². The minimum Gasteiger partial charge on any atom is -0.380 e. The normalized spacial score (nSPS) is 19.4. The number of benzene rings is 1. The first-order chi connectivity index (χ1) is 8.86. The first-order valence-electron chi connectivity index (χ1n) is 6.16. The Balaban J connectivity index is 1.78. The highest BCUT2D eigenvalue weighted by Crippen LogP contribution is 2.32. The smallest absolute Gasteiger partial charge is 0.125 e. The van der Waals surface area contributed by atoms with E-state index in [-0.39, 0.29) is 0 Å². The summed E-state index contributed by atoms with van der Waals surface area (Å²) in [5.41, 5.74) is 1.19. The summed E-state index contributed by atoms with van der Waals surface area (Å²) in [5, 5.41) is 2.33. The molecule has 18 heavy (non-hydrogen) atoms. The number of methoxy groups -OCH3 is 1. The van der Waals surface area contributed by atoms with Crippen molar-refractivity contribution < 1.29 is 4.74 Å². The molecule has 0 amide bonds. The van der Waals surface area contributed by atoms with E-state index in [2.05, 4.69) is 22.0 Å². The lowest BCUT2D eigenvalue weighted by Crippen LogP contribution is -2.21.